The van der Waals surface area contributed by atoms with Gasteiger partial charge in [-0.05, 0) is 102 Å². The normalized spacial score (nSPS) is 12.5. The molecule has 1 amide bonds. The summed E-state index contributed by atoms with van der Waals surface area (Å²) in [6.07, 6.45) is 15.6. The second kappa shape index (κ2) is 18.0. The Bertz CT molecular complexity index is 1110. The molecule has 0 heterocycles. The van der Waals surface area contributed by atoms with Crippen molar-refractivity contribution in [3.8, 4) is 0 Å². The number of carbonyl (C=O) groups excluding carboxylic acids is 2. The highest BCUT2D eigenvalue weighted by molar-refractivity contribution is 6.09. The lowest BCUT2D eigenvalue weighted by Crippen LogP contribution is -2.14. The zero-order chi connectivity index (χ0) is 28.5. The summed E-state index contributed by atoms with van der Waals surface area (Å²) in [5.41, 5.74) is 5.95. The molecule has 0 aliphatic rings. The van der Waals surface area contributed by atoms with Gasteiger partial charge in [-0.1, -0.05) is 79.0 Å². The van der Waals surface area contributed by atoms with E-state index in [0.29, 0.717) is 16.8 Å². The number of amides is 1. The fraction of sp³-hybridized carbons (Fsp3) is 0.429. The highest BCUT2D eigenvalue weighted by Gasteiger charge is 2.09. The molecule has 0 fully saturated rings. The topological polar surface area (TPSA) is 55.4 Å². The van der Waals surface area contributed by atoms with Crippen LogP contribution in [-0.4, -0.2) is 18.5 Å². The van der Waals surface area contributed by atoms with Crippen LogP contribution in [0.5, 0.6) is 0 Å². The van der Waals surface area contributed by atoms with E-state index in [4.69, 9.17) is 4.74 Å². The summed E-state index contributed by atoms with van der Waals surface area (Å²) in [6, 6.07) is 16.0. The molecule has 0 radical (unpaired) electrons. The van der Waals surface area contributed by atoms with E-state index in [9.17, 15) is 9.59 Å². The van der Waals surface area contributed by atoms with E-state index in [2.05, 4.69) is 52.1 Å². The zero-order valence-electron chi connectivity index (χ0n) is 24.6. The number of nitrogens with one attached hydrogen (secondary N) is 1. The minimum atomic E-state index is -0.503. The largest absolute Gasteiger partial charge is 0.445 e. The molecule has 2 aromatic rings. The van der Waals surface area contributed by atoms with E-state index in [1.54, 1.807) is 36.4 Å². The maximum absolute atomic E-state index is 12.5. The van der Waals surface area contributed by atoms with Crippen LogP contribution in [0.2, 0.25) is 0 Å². The third-order valence-corrected chi connectivity index (χ3v) is 6.84. The van der Waals surface area contributed by atoms with Gasteiger partial charge in [0.25, 0.3) is 0 Å². The summed E-state index contributed by atoms with van der Waals surface area (Å²) < 4.78 is 5.31. The lowest BCUT2D eigenvalue weighted by molar-refractivity contribution is 0.103. The number of anilines is 1. The van der Waals surface area contributed by atoms with Crippen molar-refractivity contribution < 1.29 is 14.3 Å². The van der Waals surface area contributed by atoms with Crippen LogP contribution >= 0.6 is 0 Å². The van der Waals surface area contributed by atoms with Crippen LogP contribution in [0.1, 0.15) is 102 Å². The van der Waals surface area contributed by atoms with Crippen LogP contribution in [0, 0.1) is 5.92 Å². The van der Waals surface area contributed by atoms with Gasteiger partial charge in [0.2, 0.25) is 0 Å². The SMILES string of the molecule is CC(C)=CCCC(C)=CCCC(C)CCCCC(C)=CCOC(=O)Nc1ccc(C(=O)c2ccccc2)cc1. The van der Waals surface area contributed by atoms with Gasteiger partial charge in [-0.15, -0.1) is 0 Å². The van der Waals surface area contributed by atoms with Gasteiger partial charge in [-0.2, -0.15) is 0 Å². The molecule has 0 aliphatic heterocycles. The molecule has 0 saturated carbocycles. The van der Waals surface area contributed by atoms with Gasteiger partial charge in [-0.3, -0.25) is 10.1 Å². The quantitative estimate of drug-likeness (QED) is 0.134. The number of allylic oxidation sites excluding steroid dienone is 5. The standard InChI is InChI=1S/C35H47NO3/c1-27(2)13-11-16-29(4)18-12-17-28(3)14-9-10-15-30(5)25-26-39-35(38)36-33-23-21-32(22-24-33)34(37)31-19-7-6-8-20-31/h6-8,13,18-25,28H,9-12,14-17,26H2,1-5H3,(H,36,38). The molecule has 0 saturated heterocycles. The summed E-state index contributed by atoms with van der Waals surface area (Å²) in [4.78, 5) is 24.6. The van der Waals surface area contributed by atoms with Crippen molar-refractivity contribution in [2.24, 2.45) is 5.92 Å². The average Bonchev–Trinajstić information content (AvgIpc) is 2.91. The Kier molecular flexibility index (Phi) is 14.7. The number of ether oxygens (including phenoxy) is 1. The molecule has 1 atom stereocenters. The third kappa shape index (κ3) is 13.8. The predicted octanol–water partition coefficient (Wildman–Crippen LogP) is 10.1. The second-order valence-electron chi connectivity index (χ2n) is 10.8. The molecular formula is C35H47NO3. The fourth-order valence-corrected chi connectivity index (χ4v) is 4.32. The molecule has 39 heavy (non-hydrogen) atoms. The van der Waals surface area contributed by atoms with Crippen molar-refractivity contribution in [2.75, 3.05) is 11.9 Å². The minimum Gasteiger partial charge on any atom is -0.445 e. The van der Waals surface area contributed by atoms with Gasteiger partial charge in [0.1, 0.15) is 6.61 Å². The predicted molar refractivity (Wildman–Crippen MR) is 164 cm³/mol. The van der Waals surface area contributed by atoms with Crippen molar-refractivity contribution in [3.63, 3.8) is 0 Å². The van der Waals surface area contributed by atoms with Crippen LogP contribution in [0.25, 0.3) is 0 Å². The first-order valence-electron chi connectivity index (χ1n) is 14.3. The summed E-state index contributed by atoms with van der Waals surface area (Å²) in [5, 5.41) is 2.72. The van der Waals surface area contributed by atoms with Gasteiger partial charge in [0.15, 0.2) is 5.78 Å². The van der Waals surface area contributed by atoms with E-state index in [0.717, 1.165) is 25.2 Å². The summed E-state index contributed by atoms with van der Waals surface area (Å²) in [6.45, 7) is 11.3. The van der Waals surface area contributed by atoms with E-state index in [-0.39, 0.29) is 12.4 Å². The Hall–Kier alpha value is -3.40. The van der Waals surface area contributed by atoms with E-state index >= 15 is 0 Å². The van der Waals surface area contributed by atoms with Crippen LogP contribution in [-0.2, 0) is 4.74 Å². The molecule has 1 N–H and O–H groups in total. The molecule has 0 aromatic heterocycles. The lowest BCUT2D eigenvalue weighted by atomic mass is 9.96. The van der Waals surface area contributed by atoms with E-state index in [1.165, 1.54) is 48.8 Å². The molecule has 2 rings (SSSR count). The second-order valence-corrected chi connectivity index (χ2v) is 10.8. The maximum Gasteiger partial charge on any atom is 0.411 e. The Morgan fingerprint density at radius 3 is 2.13 bits per heavy atom. The van der Waals surface area contributed by atoms with Crippen LogP contribution in [0.4, 0.5) is 10.5 Å². The average molecular weight is 530 g/mol. The van der Waals surface area contributed by atoms with Gasteiger partial charge in [0, 0.05) is 16.8 Å². The zero-order valence-corrected chi connectivity index (χ0v) is 24.6. The first-order chi connectivity index (χ1) is 18.7. The highest BCUT2D eigenvalue weighted by atomic mass is 16.5. The number of unbranched alkanes of at least 4 members (excludes halogenated alkanes) is 1. The van der Waals surface area contributed by atoms with Gasteiger partial charge in [0.05, 0.1) is 0 Å². The molecule has 4 nitrogen and oxygen atoms in total. The Balaban J connectivity index is 1.59. The molecule has 0 aliphatic carbocycles. The molecule has 1 unspecified atom stereocenters. The van der Waals surface area contributed by atoms with Crippen LogP contribution in [0.3, 0.4) is 0 Å². The Labute approximate surface area is 236 Å². The maximum atomic E-state index is 12.5. The molecule has 4 heteroatoms. The van der Waals surface area contributed by atoms with Crippen LogP contribution in [0.15, 0.2) is 89.5 Å². The van der Waals surface area contributed by atoms with Crippen molar-refractivity contribution in [3.05, 3.63) is 101 Å². The molecule has 0 spiro atoms. The number of benzene rings is 2. The van der Waals surface area contributed by atoms with Gasteiger partial charge < -0.3 is 4.74 Å². The Morgan fingerprint density at radius 2 is 1.44 bits per heavy atom. The first-order valence-corrected chi connectivity index (χ1v) is 14.3. The van der Waals surface area contributed by atoms with E-state index < -0.39 is 6.09 Å². The minimum absolute atomic E-state index is 0.0479. The highest BCUT2D eigenvalue weighted by Crippen LogP contribution is 2.19. The van der Waals surface area contributed by atoms with Crippen molar-refractivity contribution in [1.82, 2.24) is 0 Å². The summed E-state index contributed by atoms with van der Waals surface area (Å²) in [7, 11) is 0. The third-order valence-electron chi connectivity index (χ3n) is 6.84. The van der Waals surface area contributed by atoms with Crippen molar-refractivity contribution >= 4 is 17.6 Å². The molecule has 210 valence electrons. The lowest BCUT2D eigenvalue weighted by Gasteiger charge is -2.10. The smallest absolute Gasteiger partial charge is 0.411 e. The first kappa shape index (κ1) is 31.8. The number of hydrogen-bond acceptors (Lipinski definition) is 3. The Morgan fingerprint density at radius 1 is 0.769 bits per heavy atom. The molecule has 0 bridgehead atoms. The van der Waals surface area contributed by atoms with Crippen molar-refractivity contribution in [1.29, 1.82) is 0 Å². The van der Waals surface area contributed by atoms with Crippen LogP contribution < -0.4 is 5.32 Å². The van der Waals surface area contributed by atoms with Gasteiger partial charge in [-0.25, -0.2) is 4.79 Å². The molecular weight excluding hydrogens is 482 g/mol. The van der Waals surface area contributed by atoms with E-state index in [1.807, 2.05) is 24.3 Å². The summed E-state index contributed by atoms with van der Waals surface area (Å²) >= 11 is 0. The number of rotatable bonds is 16. The fourth-order valence-electron chi connectivity index (χ4n) is 4.32. The molecule has 2 aromatic carbocycles. The monoisotopic (exact) mass is 529 g/mol. The summed E-state index contributed by atoms with van der Waals surface area (Å²) in [5.74, 6) is 0.696. The number of carbonyl (C=O) groups is 2. The number of hydrogen-bond donors (Lipinski definition) is 1. The van der Waals surface area contributed by atoms with Gasteiger partial charge >= 0.3 is 6.09 Å². The van der Waals surface area contributed by atoms with Crippen molar-refractivity contribution in [2.45, 2.75) is 86.0 Å². The number of ketones is 1.